The van der Waals surface area contributed by atoms with E-state index in [0.29, 0.717) is 0 Å². The lowest BCUT2D eigenvalue weighted by molar-refractivity contribution is 0.571. The molecule has 0 unspecified atom stereocenters. The summed E-state index contributed by atoms with van der Waals surface area (Å²) in [7, 11) is 0. The molecule has 0 atom stereocenters. The number of rotatable bonds is 4. The Morgan fingerprint density at radius 1 is 0.321 bits per heavy atom. The van der Waals surface area contributed by atoms with E-state index in [4.69, 9.17) is 0 Å². The zero-order valence-corrected chi connectivity index (χ0v) is 44.2. The number of benzene rings is 12. The lowest BCUT2D eigenvalue weighted by Crippen LogP contribution is -2.34. The summed E-state index contributed by atoms with van der Waals surface area (Å²) in [5.74, 6) is 0. The predicted molar refractivity (Wildman–Crippen MR) is 330 cm³/mol. The molecule has 0 fully saturated rings. The minimum atomic E-state index is -0.181. The topological polar surface area (TPSA) is 6.48 Å². The maximum atomic E-state index is 2.58. The first-order valence-electron chi connectivity index (χ1n) is 27.9. The van der Waals surface area contributed by atoms with Crippen molar-refractivity contribution >= 4 is 71.5 Å². The molecule has 78 heavy (non-hydrogen) atoms. The van der Waals surface area contributed by atoms with Crippen LogP contribution in [0.3, 0.4) is 0 Å². The van der Waals surface area contributed by atoms with Crippen molar-refractivity contribution in [2.45, 2.75) is 51.4 Å². The normalized spacial score (nSPS) is 15.6. The van der Waals surface area contributed by atoms with Gasteiger partial charge in [0.05, 0.1) is 17.1 Å². The van der Waals surface area contributed by atoms with Gasteiger partial charge in [0.1, 0.15) is 0 Å². The largest absolute Gasteiger partial charge is 0.310 e. The summed E-state index contributed by atoms with van der Waals surface area (Å²) >= 11 is 0. The van der Waals surface area contributed by atoms with Crippen LogP contribution < -0.4 is 9.80 Å². The first kappa shape index (κ1) is 43.9. The van der Waals surface area contributed by atoms with Gasteiger partial charge in [0.2, 0.25) is 0 Å². The molecule has 2 nitrogen and oxygen atoms in total. The van der Waals surface area contributed by atoms with Crippen LogP contribution in [0.2, 0.25) is 0 Å². The average molecular weight is 995 g/mol. The van der Waals surface area contributed by atoms with Crippen LogP contribution in [0, 0.1) is 0 Å². The van der Waals surface area contributed by atoms with E-state index in [1.807, 2.05) is 0 Å². The second-order valence-corrected chi connectivity index (χ2v) is 23.4. The first-order chi connectivity index (χ1) is 38.3. The van der Waals surface area contributed by atoms with Crippen LogP contribution >= 0.6 is 0 Å². The number of hydrogen-bond donors (Lipinski definition) is 0. The SMILES string of the molecule is CC1(C)C2=C(C=CCC2)N(c2ccc3c(-c4ccc5c6c(cccc46)-c4ccccc4-5)c4cc(N5c6ccccc6C(C)(C)c6ccccc65)ccc4c(-c4ccc5c6c(cccc46)-c4ccccc4-5)c3c2)c2ccccc21. The number of hydrogen-bond acceptors (Lipinski definition) is 2. The number of anilines is 5. The molecule has 0 radical (unpaired) electrons. The molecule has 0 saturated heterocycles. The Kier molecular flexibility index (Phi) is 8.84. The van der Waals surface area contributed by atoms with Gasteiger partial charge in [-0.05, 0) is 193 Å². The van der Waals surface area contributed by atoms with E-state index in [2.05, 4.69) is 268 Å². The second kappa shape index (κ2) is 15.7. The van der Waals surface area contributed by atoms with Crippen LogP contribution in [0.1, 0.15) is 57.2 Å². The molecule has 0 saturated carbocycles. The van der Waals surface area contributed by atoms with Crippen molar-refractivity contribution in [3.8, 4) is 66.8 Å². The lowest BCUT2D eigenvalue weighted by Gasteiger charge is -2.44. The molecule has 2 heteroatoms. The van der Waals surface area contributed by atoms with Crippen LogP contribution in [0.5, 0.6) is 0 Å². The Morgan fingerprint density at radius 2 is 0.718 bits per heavy atom. The van der Waals surface area contributed by atoms with Crippen molar-refractivity contribution in [2.75, 3.05) is 9.80 Å². The van der Waals surface area contributed by atoms with Gasteiger partial charge in [0.25, 0.3) is 0 Å². The van der Waals surface area contributed by atoms with Gasteiger partial charge in [-0.15, -0.1) is 0 Å². The molecule has 0 bridgehead atoms. The molecule has 12 aromatic rings. The van der Waals surface area contributed by atoms with Gasteiger partial charge < -0.3 is 9.80 Å². The molecule has 368 valence electrons. The predicted octanol–water partition coefficient (Wildman–Crippen LogP) is 21.1. The third-order valence-electron chi connectivity index (χ3n) is 18.8. The minimum Gasteiger partial charge on any atom is -0.310 e. The minimum absolute atomic E-state index is 0.0982. The molecule has 3 aliphatic carbocycles. The fourth-order valence-electron chi connectivity index (χ4n) is 15.3. The molecular formula is C76H54N2. The van der Waals surface area contributed by atoms with E-state index in [-0.39, 0.29) is 10.8 Å². The van der Waals surface area contributed by atoms with E-state index in [9.17, 15) is 0 Å². The van der Waals surface area contributed by atoms with E-state index < -0.39 is 0 Å². The van der Waals surface area contributed by atoms with Gasteiger partial charge in [-0.25, -0.2) is 0 Å². The smallest absolute Gasteiger partial charge is 0.0502 e. The Labute approximate surface area is 455 Å². The average Bonchev–Trinajstić information content (AvgIpc) is 3.71. The van der Waals surface area contributed by atoms with Crippen LogP contribution in [-0.2, 0) is 10.8 Å². The van der Waals surface area contributed by atoms with Gasteiger partial charge >= 0.3 is 0 Å². The molecule has 0 amide bonds. The van der Waals surface area contributed by atoms with Gasteiger partial charge in [-0.3, -0.25) is 0 Å². The molecule has 2 aliphatic heterocycles. The van der Waals surface area contributed by atoms with E-state index in [0.717, 1.165) is 18.5 Å². The summed E-state index contributed by atoms with van der Waals surface area (Å²) < 4.78 is 0. The van der Waals surface area contributed by atoms with E-state index in [1.165, 1.54) is 161 Å². The molecule has 17 rings (SSSR count). The van der Waals surface area contributed by atoms with Crippen LogP contribution in [-0.4, -0.2) is 0 Å². The fourth-order valence-corrected chi connectivity index (χ4v) is 15.3. The van der Waals surface area contributed by atoms with Crippen molar-refractivity contribution in [1.82, 2.24) is 0 Å². The number of nitrogens with zero attached hydrogens (tertiary/aromatic N) is 2. The monoisotopic (exact) mass is 994 g/mol. The fraction of sp³-hybridized carbons (Fsp3) is 0.105. The Morgan fingerprint density at radius 3 is 1.22 bits per heavy atom. The summed E-state index contributed by atoms with van der Waals surface area (Å²) in [5.41, 5.74) is 28.0. The maximum Gasteiger partial charge on any atom is 0.0502 e. The Bertz CT molecular complexity index is 4640. The molecule has 5 aliphatic rings. The standard InChI is InChI=1S/C76H54N2/c1-75(2)63-27-9-13-31-67(63)77(68-32-14-10-28-64(68)75)45-35-37-59-61(43-45)73(57-41-39-55-49-21-7-5-19-47(49)51-23-17-25-53(57)71(51)55)60-38-36-46(78-69-33-15-11-29-65(69)76(3,4)66-30-12-16-34-70(66)78)44-62(60)74(59)58-42-40-56-50-22-8-6-20-48(50)52-24-18-26-54(58)72(52)56/h5-11,13-29,31-44H,12,30H2,1-4H3. The van der Waals surface area contributed by atoms with Crippen molar-refractivity contribution in [2.24, 2.45) is 0 Å². The van der Waals surface area contributed by atoms with Gasteiger partial charge in [-0.2, -0.15) is 0 Å². The third-order valence-corrected chi connectivity index (χ3v) is 18.8. The molecule has 0 N–H and O–H groups in total. The number of allylic oxidation sites excluding steroid dienone is 3. The Hall–Kier alpha value is -9.24. The summed E-state index contributed by atoms with van der Waals surface area (Å²) in [5, 5.41) is 10.2. The summed E-state index contributed by atoms with van der Waals surface area (Å²) in [6.07, 6.45) is 6.88. The molecule has 2 heterocycles. The second-order valence-electron chi connectivity index (χ2n) is 23.4. The quantitative estimate of drug-likeness (QED) is 0.162. The maximum absolute atomic E-state index is 2.58. The first-order valence-corrected chi connectivity index (χ1v) is 27.9. The van der Waals surface area contributed by atoms with Crippen LogP contribution in [0.15, 0.2) is 242 Å². The van der Waals surface area contributed by atoms with Crippen LogP contribution in [0.4, 0.5) is 28.4 Å². The number of para-hydroxylation sites is 3. The Balaban J connectivity index is 1.03. The van der Waals surface area contributed by atoms with Crippen molar-refractivity contribution in [3.05, 3.63) is 259 Å². The highest BCUT2D eigenvalue weighted by atomic mass is 15.2. The summed E-state index contributed by atoms with van der Waals surface area (Å²) in [6.45, 7) is 9.61. The summed E-state index contributed by atoms with van der Waals surface area (Å²) in [6, 6.07) is 83.7. The zero-order chi connectivity index (χ0) is 51.8. The highest BCUT2D eigenvalue weighted by Gasteiger charge is 2.40. The molecule has 12 aromatic carbocycles. The van der Waals surface area contributed by atoms with Crippen LogP contribution in [0.25, 0.3) is 110 Å². The molecular weight excluding hydrogens is 941 g/mol. The zero-order valence-electron chi connectivity index (χ0n) is 44.2. The van der Waals surface area contributed by atoms with Crippen molar-refractivity contribution in [3.63, 3.8) is 0 Å². The number of fused-ring (bicyclic) bond motifs is 11. The van der Waals surface area contributed by atoms with Crippen molar-refractivity contribution < 1.29 is 0 Å². The molecule has 0 aromatic heterocycles. The van der Waals surface area contributed by atoms with Gasteiger partial charge in [0, 0.05) is 27.9 Å². The highest BCUT2D eigenvalue weighted by molar-refractivity contribution is 6.30. The lowest BCUT2D eigenvalue weighted by atomic mass is 9.70. The van der Waals surface area contributed by atoms with E-state index >= 15 is 0 Å². The highest BCUT2D eigenvalue weighted by Crippen LogP contribution is 2.58. The molecule has 0 spiro atoms. The summed E-state index contributed by atoms with van der Waals surface area (Å²) in [4.78, 5) is 5.11. The van der Waals surface area contributed by atoms with E-state index in [1.54, 1.807) is 0 Å². The van der Waals surface area contributed by atoms with Gasteiger partial charge in [0.15, 0.2) is 0 Å². The van der Waals surface area contributed by atoms with Crippen molar-refractivity contribution in [1.29, 1.82) is 0 Å². The third kappa shape index (κ3) is 5.71. The van der Waals surface area contributed by atoms with Gasteiger partial charge in [-0.1, -0.05) is 210 Å².